The highest BCUT2D eigenvalue weighted by Crippen LogP contribution is 2.41. The maximum absolute atomic E-state index is 10.1. The molecule has 7 heteroatoms. The fourth-order valence-corrected chi connectivity index (χ4v) is 4.91. The van der Waals surface area contributed by atoms with E-state index in [1.807, 2.05) is 73.3 Å². The molecule has 0 spiro atoms. The summed E-state index contributed by atoms with van der Waals surface area (Å²) >= 11 is 0. The van der Waals surface area contributed by atoms with Crippen LogP contribution in [0.15, 0.2) is 97.1 Å². The van der Waals surface area contributed by atoms with E-state index in [4.69, 9.17) is 11.5 Å². The van der Waals surface area contributed by atoms with Gasteiger partial charge >= 0.3 is 0 Å². The van der Waals surface area contributed by atoms with E-state index in [2.05, 4.69) is 0 Å². The average molecular weight is 534 g/mol. The normalized spacial score (nSPS) is 11.8. The first-order valence-corrected chi connectivity index (χ1v) is 12.8. The van der Waals surface area contributed by atoms with Crippen molar-refractivity contribution in [3.05, 3.63) is 125 Å². The molecule has 0 saturated carbocycles. The highest BCUT2D eigenvalue weighted by atomic mass is 16.3. The maximum atomic E-state index is 10.1. The Morgan fingerprint density at radius 2 is 0.900 bits per heavy atom. The van der Waals surface area contributed by atoms with Gasteiger partial charge in [0.15, 0.2) is 0 Å². The molecule has 1 unspecified atom stereocenters. The summed E-state index contributed by atoms with van der Waals surface area (Å²) in [6.07, 6.45) is 0. The van der Waals surface area contributed by atoms with Gasteiger partial charge in [0.25, 0.3) is 0 Å². The average Bonchev–Trinajstić information content (AvgIpc) is 2.93. The molecule has 5 aromatic carbocycles. The van der Waals surface area contributed by atoms with E-state index in [0.29, 0.717) is 0 Å². The Morgan fingerprint density at radius 3 is 1.45 bits per heavy atom. The summed E-state index contributed by atoms with van der Waals surface area (Å²) in [5.74, 6) is 0.222. The molecular weight excluding hydrogens is 502 g/mol. The van der Waals surface area contributed by atoms with Crippen LogP contribution >= 0.6 is 0 Å². The molecule has 0 aliphatic carbocycles. The van der Waals surface area contributed by atoms with Gasteiger partial charge in [0.1, 0.15) is 23.0 Å². The van der Waals surface area contributed by atoms with E-state index in [-0.39, 0.29) is 40.3 Å². The lowest BCUT2D eigenvalue weighted by Gasteiger charge is -2.27. The first-order valence-electron chi connectivity index (χ1n) is 12.8. The summed E-state index contributed by atoms with van der Waals surface area (Å²) in [5, 5.41) is 40.3. The van der Waals surface area contributed by atoms with Gasteiger partial charge in [0.05, 0.1) is 11.4 Å². The largest absolute Gasteiger partial charge is 0.508 e. The number of nitrogen functional groups attached to an aromatic ring is 2. The third-order valence-electron chi connectivity index (χ3n) is 7.13. The highest BCUT2D eigenvalue weighted by Gasteiger charge is 2.21. The van der Waals surface area contributed by atoms with Gasteiger partial charge in [0, 0.05) is 23.0 Å². The SMILES string of the molecule is Cc1cc(C(c2ccc(N(c3ccc(O)c(C)c3)c3ccc(O)c(N)c3)cc2)c2ccc(O)c(N)c2)ccc1O. The van der Waals surface area contributed by atoms with Gasteiger partial charge in [-0.25, -0.2) is 0 Å². The van der Waals surface area contributed by atoms with Crippen LogP contribution in [-0.2, 0) is 0 Å². The second-order valence-corrected chi connectivity index (χ2v) is 9.94. The second-order valence-electron chi connectivity index (χ2n) is 9.94. The first kappa shape index (κ1) is 26.3. The number of aromatic hydroxyl groups is 4. The number of hydrogen-bond acceptors (Lipinski definition) is 7. The molecule has 0 radical (unpaired) electrons. The molecular formula is C33H31N3O4. The topological polar surface area (TPSA) is 136 Å². The number of phenolic OH excluding ortho intramolecular Hbond substituents is 4. The Hall–Kier alpha value is -5.30. The van der Waals surface area contributed by atoms with E-state index in [0.717, 1.165) is 44.9 Å². The van der Waals surface area contributed by atoms with Gasteiger partial charge < -0.3 is 36.8 Å². The number of aryl methyl sites for hydroxylation is 2. The fraction of sp³-hybridized carbons (Fsp3) is 0.0909. The lowest BCUT2D eigenvalue weighted by molar-refractivity contribution is 0.470. The van der Waals surface area contributed by atoms with Gasteiger partial charge in [-0.05, 0) is 108 Å². The van der Waals surface area contributed by atoms with Crippen molar-refractivity contribution in [3.8, 4) is 23.0 Å². The van der Waals surface area contributed by atoms with Crippen LogP contribution in [0.25, 0.3) is 0 Å². The zero-order valence-corrected chi connectivity index (χ0v) is 22.2. The Bertz CT molecular complexity index is 1470. The quantitative estimate of drug-likeness (QED) is 0.0790. The number of hydrogen-bond donors (Lipinski definition) is 6. The van der Waals surface area contributed by atoms with Crippen LogP contribution in [0.4, 0.5) is 28.4 Å². The molecule has 40 heavy (non-hydrogen) atoms. The Morgan fingerprint density at radius 1 is 0.475 bits per heavy atom. The van der Waals surface area contributed by atoms with Crippen molar-refractivity contribution in [2.45, 2.75) is 19.8 Å². The van der Waals surface area contributed by atoms with Crippen molar-refractivity contribution in [2.75, 3.05) is 16.4 Å². The van der Waals surface area contributed by atoms with Crippen LogP contribution in [0.2, 0.25) is 0 Å². The predicted octanol–water partition coefficient (Wildman–Crippen LogP) is 6.94. The summed E-state index contributed by atoms with van der Waals surface area (Å²) in [6.45, 7) is 3.68. The lowest BCUT2D eigenvalue weighted by atomic mass is 9.84. The Balaban J connectivity index is 1.63. The minimum absolute atomic E-state index is 0.00105. The lowest BCUT2D eigenvalue weighted by Crippen LogP contribution is -2.11. The van der Waals surface area contributed by atoms with Gasteiger partial charge in [-0.15, -0.1) is 0 Å². The van der Waals surface area contributed by atoms with Crippen LogP contribution in [0.5, 0.6) is 23.0 Å². The number of nitrogens with two attached hydrogens (primary N) is 2. The van der Waals surface area contributed by atoms with Crippen LogP contribution in [0, 0.1) is 13.8 Å². The van der Waals surface area contributed by atoms with Crippen LogP contribution in [0.3, 0.4) is 0 Å². The van der Waals surface area contributed by atoms with Crippen molar-refractivity contribution in [3.63, 3.8) is 0 Å². The summed E-state index contributed by atoms with van der Waals surface area (Å²) in [6, 6.07) is 29.1. The number of benzene rings is 5. The van der Waals surface area contributed by atoms with E-state index in [1.165, 1.54) is 0 Å². The standard InChI is InChI=1S/C33H31N3O4/c1-19-15-22(5-11-29(19)37)33(23-6-12-31(39)27(34)17-23)21-3-7-24(8-4-21)36(25-9-13-30(38)20(2)16-25)26-10-14-32(40)28(35)18-26/h3-18,33,37-40H,34-35H2,1-2H3. The molecule has 5 rings (SSSR count). The van der Waals surface area contributed by atoms with Crippen molar-refractivity contribution in [1.82, 2.24) is 0 Å². The molecule has 202 valence electrons. The van der Waals surface area contributed by atoms with Crippen LogP contribution in [0.1, 0.15) is 33.7 Å². The molecule has 1 atom stereocenters. The van der Waals surface area contributed by atoms with Crippen LogP contribution < -0.4 is 16.4 Å². The molecule has 0 fully saturated rings. The van der Waals surface area contributed by atoms with E-state index >= 15 is 0 Å². The molecule has 0 aliphatic heterocycles. The van der Waals surface area contributed by atoms with E-state index in [9.17, 15) is 20.4 Å². The van der Waals surface area contributed by atoms with E-state index < -0.39 is 0 Å². The molecule has 0 aromatic heterocycles. The van der Waals surface area contributed by atoms with Gasteiger partial charge in [-0.1, -0.05) is 30.3 Å². The van der Waals surface area contributed by atoms with Crippen molar-refractivity contribution < 1.29 is 20.4 Å². The minimum atomic E-state index is -0.218. The number of rotatable bonds is 6. The fourth-order valence-electron chi connectivity index (χ4n) is 4.91. The Kier molecular flexibility index (Phi) is 6.88. The monoisotopic (exact) mass is 533 g/mol. The Labute approximate surface area is 232 Å². The van der Waals surface area contributed by atoms with Gasteiger partial charge in [-0.2, -0.15) is 0 Å². The third kappa shape index (κ3) is 5.05. The molecule has 8 N–H and O–H groups in total. The van der Waals surface area contributed by atoms with Crippen molar-refractivity contribution >= 4 is 28.4 Å². The van der Waals surface area contributed by atoms with Gasteiger partial charge in [-0.3, -0.25) is 0 Å². The zero-order chi connectivity index (χ0) is 28.6. The highest BCUT2D eigenvalue weighted by molar-refractivity contribution is 5.80. The van der Waals surface area contributed by atoms with E-state index in [1.54, 1.807) is 42.5 Å². The number of anilines is 5. The maximum Gasteiger partial charge on any atom is 0.138 e. The molecule has 5 aromatic rings. The number of nitrogens with zero attached hydrogens (tertiary/aromatic N) is 1. The summed E-state index contributed by atoms with van der Waals surface area (Å²) in [4.78, 5) is 1.99. The molecule has 0 amide bonds. The minimum Gasteiger partial charge on any atom is -0.508 e. The molecule has 0 heterocycles. The zero-order valence-electron chi connectivity index (χ0n) is 22.2. The second kappa shape index (κ2) is 10.5. The summed E-state index contributed by atoms with van der Waals surface area (Å²) < 4.78 is 0. The molecule has 0 saturated heterocycles. The number of phenols is 4. The third-order valence-corrected chi connectivity index (χ3v) is 7.13. The first-order chi connectivity index (χ1) is 19.1. The molecule has 0 aliphatic rings. The summed E-state index contributed by atoms with van der Waals surface area (Å²) in [5.41, 5.74) is 19.3. The predicted molar refractivity (Wildman–Crippen MR) is 160 cm³/mol. The molecule has 7 nitrogen and oxygen atoms in total. The van der Waals surface area contributed by atoms with Crippen molar-refractivity contribution in [1.29, 1.82) is 0 Å². The summed E-state index contributed by atoms with van der Waals surface area (Å²) in [7, 11) is 0. The van der Waals surface area contributed by atoms with Crippen LogP contribution in [-0.4, -0.2) is 20.4 Å². The molecule has 0 bridgehead atoms. The smallest absolute Gasteiger partial charge is 0.138 e. The van der Waals surface area contributed by atoms with Gasteiger partial charge in [0.2, 0.25) is 0 Å². The van der Waals surface area contributed by atoms with Crippen molar-refractivity contribution in [2.24, 2.45) is 0 Å².